The third-order valence-corrected chi connectivity index (χ3v) is 2.94. The van der Waals surface area contributed by atoms with Crippen LogP contribution in [-0.2, 0) is 6.54 Å². The molecule has 1 aromatic heterocycles. The van der Waals surface area contributed by atoms with Crippen LogP contribution in [0, 0.1) is 13.8 Å². The minimum atomic E-state index is 0.373. The first kappa shape index (κ1) is 14.8. The Hall–Kier alpha value is -2.56. The molecule has 0 aliphatic heterocycles. The number of anilines is 1. The Labute approximate surface area is 124 Å². The predicted molar refractivity (Wildman–Crippen MR) is 85.7 cm³/mol. The Morgan fingerprint density at radius 3 is 2.52 bits per heavy atom. The van der Waals surface area contributed by atoms with Crippen molar-refractivity contribution >= 4 is 11.6 Å². The molecule has 3 N–H and O–H groups in total. The van der Waals surface area contributed by atoms with Gasteiger partial charge in [-0.1, -0.05) is 6.07 Å². The van der Waals surface area contributed by atoms with E-state index in [9.17, 15) is 0 Å². The zero-order valence-corrected chi connectivity index (χ0v) is 12.6. The normalized spacial score (nSPS) is 11.3. The van der Waals surface area contributed by atoms with Crippen molar-refractivity contribution in [1.29, 1.82) is 0 Å². The average Bonchev–Trinajstić information content (AvgIpc) is 2.44. The summed E-state index contributed by atoms with van der Waals surface area (Å²) in [5, 5.41) is 3.09. The maximum absolute atomic E-state index is 5.90. The minimum absolute atomic E-state index is 0.373. The lowest BCUT2D eigenvalue weighted by Gasteiger charge is -2.08. The van der Waals surface area contributed by atoms with Gasteiger partial charge in [0.05, 0.1) is 25.5 Å². The summed E-state index contributed by atoms with van der Waals surface area (Å²) in [7, 11) is 1.61. The van der Waals surface area contributed by atoms with Gasteiger partial charge < -0.3 is 15.8 Å². The third-order valence-electron chi connectivity index (χ3n) is 2.94. The molecule has 0 saturated carbocycles. The average molecular weight is 284 g/mol. The molecular weight excluding hydrogens is 264 g/mol. The summed E-state index contributed by atoms with van der Waals surface area (Å²) in [4.78, 5) is 8.53. The molecule has 1 heterocycles. The molecule has 110 valence electrons. The zero-order valence-electron chi connectivity index (χ0n) is 12.6. The molecule has 21 heavy (non-hydrogen) atoms. The molecule has 2 rings (SSSR count). The van der Waals surface area contributed by atoms with Gasteiger partial charge in [0.1, 0.15) is 5.75 Å². The number of hydrogen-bond acceptors (Lipinski definition) is 3. The van der Waals surface area contributed by atoms with Crippen molar-refractivity contribution in [3.8, 4) is 5.75 Å². The second kappa shape index (κ2) is 6.74. The Morgan fingerprint density at radius 2 is 1.95 bits per heavy atom. The number of ether oxygens (including phenoxy) is 1. The highest BCUT2D eigenvalue weighted by Gasteiger charge is 1.99. The SMILES string of the molecule is COc1ccc(CN=C(N)Nc2cc(C)cc(C)c2)nc1. The van der Waals surface area contributed by atoms with Gasteiger partial charge >= 0.3 is 0 Å². The van der Waals surface area contributed by atoms with Crippen LogP contribution in [0.4, 0.5) is 5.69 Å². The van der Waals surface area contributed by atoms with Crippen molar-refractivity contribution in [1.82, 2.24) is 4.98 Å². The summed E-state index contributed by atoms with van der Waals surface area (Å²) in [6.07, 6.45) is 1.67. The van der Waals surface area contributed by atoms with Crippen molar-refractivity contribution < 1.29 is 4.74 Å². The van der Waals surface area contributed by atoms with Gasteiger partial charge in [0.15, 0.2) is 5.96 Å². The van der Waals surface area contributed by atoms with Gasteiger partial charge in [-0.15, -0.1) is 0 Å². The summed E-state index contributed by atoms with van der Waals surface area (Å²) >= 11 is 0. The number of methoxy groups -OCH3 is 1. The molecule has 5 nitrogen and oxygen atoms in total. The molecule has 0 unspecified atom stereocenters. The molecule has 0 aliphatic rings. The van der Waals surface area contributed by atoms with E-state index in [1.54, 1.807) is 13.3 Å². The molecule has 0 fully saturated rings. The van der Waals surface area contributed by atoms with Crippen molar-refractivity contribution in [3.05, 3.63) is 53.3 Å². The van der Waals surface area contributed by atoms with Crippen LogP contribution in [0.3, 0.4) is 0 Å². The molecule has 0 bridgehead atoms. The fraction of sp³-hybridized carbons (Fsp3) is 0.250. The maximum atomic E-state index is 5.90. The molecule has 0 radical (unpaired) electrons. The van der Waals surface area contributed by atoms with Gasteiger partial charge in [-0.3, -0.25) is 4.98 Å². The number of rotatable bonds is 4. The highest BCUT2D eigenvalue weighted by Crippen LogP contribution is 2.13. The Morgan fingerprint density at radius 1 is 1.24 bits per heavy atom. The number of nitrogens with two attached hydrogens (primary N) is 1. The molecule has 0 spiro atoms. The van der Waals surface area contributed by atoms with Crippen molar-refractivity contribution in [2.75, 3.05) is 12.4 Å². The molecular formula is C16H20N4O. The van der Waals surface area contributed by atoms with Crippen LogP contribution in [0.15, 0.2) is 41.5 Å². The van der Waals surface area contributed by atoms with Crippen LogP contribution in [-0.4, -0.2) is 18.1 Å². The number of hydrogen-bond donors (Lipinski definition) is 2. The summed E-state index contributed by atoms with van der Waals surface area (Å²) in [5.74, 6) is 1.10. The van der Waals surface area contributed by atoms with Crippen LogP contribution in [0.5, 0.6) is 5.75 Å². The number of benzene rings is 1. The first-order valence-electron chi connectivity index (χ1n) is 6.71. The molecule has 2 aromatic rings. The third kappa shape index (κ3) is 4.49. The standard InChI is InChI=1S/C16H20N4O/c1-11-6-12(2)8-14(7-11)20-16(17)19-9-13-4-5-15(21-3)10-18-13/h4-8,10H,9H2,1-3H3,(H3,17,19,20). The summed E-state index contributed by atoms with van der Waals surface area (Å²) in [6.45, 7) is 4.52. The second-order valence-corrected chi connectivity index (χ2v) is 4.89. The summed E-state index contributed by atoms with van der Waals surface area (Å²) in [6, 6.07) is 9.89. The van der Waals surface area contributed by atoms with Gasteiger partial charge in [-0.05, 0) is 49.2 Å². The topological polar surface area (TPSA) is 72.5 Å². The van der Waals surface area contributed by atoms with E-state index in [1.807, 2.05) is 38.1 Å². The van der Waals surface area contributed by atoms with Gasteiger partial charge in [0.2, 0.25) is 0 Å². The largest absolute Gasteiger partial charge is 0.495 e. The molecule has 0 amide bonds. The lowest BCUT2D eigenvalue weighted by atomic mass is 10.1. The number of pyridine rings is 1. The fourth-order valence-corrected chi connectivity index (χ4v) is 2.03. The smallest absolute Gasteiger partial charge is 0.193 e. The van der Waals surface area contributed by atoms with E-state index in [1.165, 1.54) is 11.1 Å². The van der Waals surface area contributed by atoms with Gasteiger partial charge in [0.25, 0.3) is 0 Å². The van der Waals surface area contributed by atoms with Crippen molar-refractivity contribution in [2.24, 2.45) is 10.7 Å². The van der Waals surface area contributed by atoms with Crippen LogP contribution < -0.4 is 15.8 Å². The van der Waals surface area contributed by atoms with E-state index < -0.39 is 0 Å². The number of nitrogens with zero attached hydrogens (tertiary/aromatic N) is 2. The lowest BCUT2D eigenvalue weighted by molar-refractivity contribution is 0.412. The molecule has 1 aromatic carbocycles. The molecule has 0 atom stereocenters. The Kier molecular flexibility index (Phi) is 4.77. The first-order valence-corrected chi connectivity index (χ1v) is 6.71. The monoisotopic (exact) mass is 284 g/mol. The molecule has 0 aliphatic carbocycles. The quantitative estimate of drug-likeness (QED) is 0.668. The van der Waals surface area contributed by atoms with E-state index in [0.29, 0.717) is 12.5 Å². The highest BCUT2D eigenvalue weighted by atomic mass is 16.5. The van der Waals surface area contributed by atoms with E-state index in [2.05, 4.69) is 21.4 Å². The Balaban J connectivity index is 2.00. The molecule has 5 heteroatoms. The predicted octanol–water partition coefficient (Wildman–Crippen LogP) is 2.63. The zero-order chi connectivity index (χ0) is 15.2. The fourth-order valence-electron chi connectivity index (χ4n) is 2.03. The van der Waals surface area contributed by atoms with E-state index in [-0.39, 0.29) is 0 Å². The van der Waals surface area contributed by atoms with Crippen LogP contribution >= 0.6 is 0 Å². The van der Waals surface area contributed by atoms with E-state index in [0.717, 1.165) is 17.1 Å². The maximum Gasteiger partial charge on any atom is 0.193 e. The van der Waals surface area contributed by atoms with Gasteiger partial charge in [0, 0.05) is 5.69 Å². The van der Waals surface area contributed by atoms with Crippen molar-refractivity contribution in [2.45, 2.75) is 20.4 Å². The number of aliphatic imine (C=N–C) groups is 1. The molecule has 0 saturated heterocycles. The number of aromatic nitrogens is 1. The van der Waals surface area contributed by atoms with Crippen LogP contribution in [0.2, 0.25) is 0 Å². The van der Waals surface area contributed by atoms with Crippen LogP contribution in [0.25, 0.3) is 0 Å². The highest BCUT2D eigenvalue weighted by molar-refractivity contribution is 5.92. The summed E-state index contributed by atoms with van der Waals surface area (Å²) < 4.78 is 5.06. The number of nitrogens with one attached hydrogen (secondary N) is 1. The minimum Gasteiger partial charge on any atom is -0.495 e. The Bertz CT molecular complexity index is 615. The van der Waals surface area contributed by atoms with E-state index in [4.69, 9.17) is 10.5 Å². The van der Waals surface area contributed by atoms with Gasteiger partial charge in [-0.25, -0.2) is 4.99 Å². The van der Waals surface area contributed by atoms with Crippen molar-refractivity contribution in [3.63, 3.8) is 0 Å². The first-order chi connectivity index (χ1) is 10.1. The van der Waals surface area contributed by atoms with E-state index >= 15 is 0 Å². The summed E-state index contributed by atoms with van der Waals surface area (Å²) in [5.41, 5.74) is 10.0. The number of guanidine groups is 1. The lowest BCUT2D eigenvalue weighted by Crippen LogP contribution is -2.22. The second-order valence-electron chi connectivity index (χ2n) is 4.89. The number of aryl methyl sites for hydroxylation is 2. The van der Waals surface area contributed by atoms with Crippen LogP contribution in [0.1, 0.15) is 16.8 Å². The van der Waals surface area contributed by atoms with Gasteiger partial charge in [-0.2, -0.15) is 0 Å².